The minimum absolute atomic E-state index is 0.185. The maximum atomic E-state index is 11.9. The van der Waals surface area contributed by atoms with E-state index in [-0.39, 0.29) is 11.2 Å². The van der Waals surface area contributed by atoms with Crippen molar-refractivity contribution in [3.8, 4) is 11.5 Å². The van der Waals surface area contributed by atoms with Gasteiger partial charge in [0.1, 0.15) is 11.5 Å². The molecular formula is C13H18N4O2S. The van der Waals surface area contributed by atoms with Crippen LogP contribution in [0.4, 0.5) is 0 Å². The second-order valence-electron chi connectivity index (χ2n) is 5.65. The van der Waals surface area contributed by atoms with Crippen LogP contribution < -0.4 is 0 Å². The first kappa shape index (κ1) is 14.8. The maximum Gasteiger partial charge on any atom is 0.191 e. The maximum absolute atomic E-state index is 11.9. The fraction of sp³-hybridized carbons (Fsp3) is 0.538. The Morgan fingerprint density at radius 2 is 2.10 bits per heavy atom. The number of hydrogen-bond donors (Lipinski definition) is 0. The van der Waals surface area contributed by atoms with Crippen LogP contribution in [0.25, 0.3) is 11.5 Å². The molecule has 0 saturated heterocycles. The number of aromatic nitrogens is 4. The highest BCUT2D eigenvalue weighted by atomic mass is 32.2. The SMILES string of the molecule is Cc1cc(-c2nnc(SCC(=O)C(C)(C)C)n2C)no1. The first-order chi connectivity index (χ1) is 9.29. The normalized spacial score (nSPS) is 11.8. The number of aryl methyl sites for hydroxylation is 1. The smallest absolute Gasteiger partial charge is 0.191 e. The van der Waals surface area contributed by atoms with Crippen LogP contribution in [-0.4, -0.2) is 31.5 Å². The second kappa shape index (κ2) is 5.40. The number of carbonyl (C=O) groups is 1. The van der Waals surface area contributed by atoms with Gasteiger partial charge in [-0.05, 0) is 6.92 Å². The van der Waals surface area contributed by atoms with E-state index in [1.807, 2.05) is 39.3 Å². The Labute approximate surface area is 121 Å². The van der Waals surface area contributed by atoms with Gasteiger partial charge in [0.2, 0.25) is 0 Å². The topological polar surface area (TPSA) is 73.8 Å². The zero-order valence-electron chi connectivity index (χ0n) is 12.3. The summed E-state index contributed by atoms with van der Waals surface area (Å²) in [7, 11) is 1.85. The minimum Gasteiger partial charge on any atom is -0.361 e. The minimum atomic E-state index is -0.336. The van der Waals surface area contributed by atoms with Crippen LogP contribution in [0, 0.1) is 12.3 Å². The molecule has 2 heterocycles. The van der Waals surface area contributed by atoms with E-state index >= 15 is 0 Å². The Morgan fingerprint density at radius 3 is 2.65 bits per heavy atom. The standard InChI is InChI=1S/C13H18N4O2S/c1-8-6-9(16-19-8)11-14-15-12(17(11)5)20-7-10(18)13(2,3)4/h6H,7H2,1-5H3. The lowest BCUT2D eigenvalue weighted by Crippen LogP contribution is -2.22. The lowest BCUT2D eigenvalue weighted by Gasteiger charge is -2.15. The lowest BCUT2D eigenvalue weighted by molar-refractivity contribution is -0.123. The molecule has 0 spiro atoms. The van der Waals surface area contributed by atoms with E-state index in [2.05, 4.69) is 15.4 Å². The summed E-state index contributed by atoms with van der Waals surface area (Å²) in [6.07, 6.45) is 0. The summed E-state index contributed by atoms with van der Waals surface area (Å²) in [5, 5.41) is 12.8. The van der Waals surface area contributed by atoms with Crippen molar-refractivity contribution >= 4 is 17.5 Å². The van der Waals surface area contributed by atoms with Crippen molar-refractivity contribution < 1.29 is 9.32 Å². The molecule has 20 heavy (non-hydrogen) atoms. The highest BCUT2D eigenvalue weighted by Crippen LogP contribution is 2.25. The Bertz CT molecular complexity index is 625. The predicted molar refractivity (Wildman–Crippen MR) is 76.4 cm³/mol. The van der Waals surface area contributed by atoms with Crippen molar-refractivity contribution in [2.24, 2.45) is 12.5 Å². The van der Waals surface area contributed by atoms with E-state index in [1.165, 1.54) is 11.8 Å². The highest BCUT2D eigenvalue weighted by molar-refractivity contribution is 7.99. The number of rotatable bonds is 4. The van der Waals surface area contributed by atoms with Gasteiger partial charge in [-0.3, -0.25) is 4.79 Å². The molecule has 0 aliphatic rings. The van der Waals surface area contributed by atoms with Crippen LogP contribution in [0.2, 0.25) is 0 Å². The monoisotopic (exact) mass is 294 g/mol. The summed E-state index contributed by atoms with van der Waals surface area (Å²) in [4.78, 5) is 11.9. The first-order valence-electron chi connectivity index (χ1n) is 6.28. The highest BCUT2D eigenvalue weighted by Gasteiger charge is 2.22. The number of nitrogens with zero attached hydrogens (tertiary/aromatic N) is 4. The van der Waals surface area contributed by atoms with Gasteiger partial charge in [0.15, 0.2) is 16.7 Å². The lowest BCUT2D eigenvalue weighted by atomic mass is 9.92. The van der Waals surface area contributed by atoms with E-state index in [0.29, 0.717) is 22.4 Å². The molecule has 0 radical (unpaired) electrons. The van der Waals surface area contributed by atoms with Gasteiger partial charge in [0.05, 0.1) is 5.75 Å². The molecule has 2 aromatic heterocycles. The third kappa shape index (κ3) is 3.09. The van der Waals surface area contributed by atoms with Crippen LogP contribution in [0.1, 0.15) is 26.5 Å². The largest absolute Gasteiger partial charge is 0.361 e. The zero-order chi connectivity index (χ0) is 14.9. The van der Waals surface area contributed by atoms with Gasteiger partial charge in [-0.25, -0.2) is 0 Å². The third-order valence-corrected chi connectivity index (χ3v) is 3.88. The fourth-order valence-corrected chi connectivity index (χ4v) is 2.55. The molecule has 0 bridgehead atoms. The zero-order valence-corrected chi connectivity index (χ0v) is 13.1. The van der Waals surface area contributed by atoms with Crippen molar-refractivity contribution in [3.05, 3.63) is 11.8 Å². The molecular weight excluding hydrogens is 276 g/mol. The molecule has 108 valence electrons. The molecule has 0 aromatic carbocycles. The van der Waals surface area contributed by atoms with Crippen molar-refractivity contribution in [3.63, 3.8) is 0 Å². The molecule has 2 rings (SSSR count). The number of hydrogen-bond acceptors (Lipinski definition) is 6. The molecule has 7 heteroatoms. The summed E-state index contributed by atoms with van der Waals surface area (Å²) in [6, 6.07) is 1.80. The summed E-state index contributed by atoms with van der Waals surface area (Å²) in [5.74, 6) is 1.92. The van der Waals surface area contributed by atoms with Crippen LogP contribution in [0.3, 0.4) is 0 Å². The van der Waals surface area contributed by atoms with E-state index in [4.69, 9.17) is 4.52 Å². The summed E-state index contributed by atoms with van der Waals surface area (Å²) < 4.78 is 6.85. The first-order valence-corrected chi connectivity index (χ1v) is 7.27. The summed E-state index contributed by atoms with van der Waals surface area (Å²) in [6.45, 7) is 7.56. The van der Waals surface area contributed by atoms with Crippen molar-refractivity contribution in [1.29, 1.82) is 0 Å². The van der Waals surface area contributed by atoms with Crippen LogP contribution in [0.15, 0.2) is 15.7 Å². The molecule has 0 unspecified atom stereocenters. The van der Waals surface area contributed by atoms with Gasteiger partial charge in [0.25, 0.3) is 0 Å². The molecule has 0 fully saturated rings. The number of ketones is 1. The van der Waals surface area contributed by atoms with E-state index < -0.39 is 0 Å². The van der Waals surface area contributed by atoms with Gasteiger partial charge in [-0.1, -0.05) is 37.7 Å². The third-order valence-electron chi connectivity index (χ3n) is 2.86. The van der Waals surface area contributed by atoms with Crippen molar-refractivity contribution in [2.75, 3.05) is 5.75 Å². The van der Waals surface area contributed by atoms with Crippen molar-refractivity contribution in [2.45, 2.75) is 32.9 Å². The van der Waals surface area contributed by atoms with E-state index in [9.17, 15) is 4.79 Å². The molecule has 6 nitrogen and oxygen atoms in total. The van der Waals surface area contributed by atoms with Gasteiger partial charge < -0.3 is 9.09 Å². The molecule has 0 amide bonds. The molecule has 0 saturated carbocycles. The predicted octanol–water partition coefficient (Wildman–Crippen LogP) is 2.49. The van der Waals surface area contributed by atoms with Gasteiger partial charge in [-0.15, -0.1) is 10.2 Å². The Hall–Kier alpha value is -1.63. The van der Waals surface area contributed by atoms with Gasteiger partial charge in [0, 0.05) is 18.5 Å². The van der Waals surface area contributed by atoms with Crippen LogP contribution >= 0.6 is 11.8 Å². The molecule has 0 aliphatic carbocycles. The average Bonchev–Trinajstić information content (AvgIpc) is 2.91. The molecule has 0 N–H and O–H groups in total. The Kier molecular flexibility index (Phi) is 3.99. The second-order valence-corrected chi connectivity index (χ2v) is 6.59. The fourth-order valence-electron chi connectivity index (χ4n) is 1.48. The number of Topliss-reactive ketones (excluding diaryl/α,β-unsaturated/α-hetero) is 1. The van der Waals surface area contributed by atoms with Gasteiger partial charge >= 0.3 is 0 Å². The summed E-state index contributed by atoms with van der Waals surface area (Å²) in [5.41, 5.74) is 0.309. The summed E-state index contributed by atoms with van der Waals surface area (Å²) >= 11 is 1.39. The Balaban J connectivity index is 2.12. The van der Waals surface area contributed by atoms with E-state index in [1.54, 1.807) is 6.07 Å². The van der Waals surface area contributed by atoms with E-state index in [0.717, 1.165) is 5.76 Å². The van der Waals surface area contributed by atoms with Crippen LogP contribution in [-0.2, 0) is 11.8 Å². The van der Waals surface area contributed by atoms with Gasteiger partial charge in [-0.2, -0.15) is 0 Å². The quantitative estimate of drug-likeness (QED) is 0.807. The molecule has 0 aliphatic heterocycles. The average molecular weight is 294 g/mol. The van der Waals surface area contributed by atoms with Crippen molar-refractivity contribution in [1.82, 2.24) is 19.9 Å². The number of carbonyl (C=O) groups excluding carboxylic acids is 1. The number of thioether (sulfide) groups is 1. The van der Waals surface area contributed by atoms with Crippen LogP contribution in [0.5, 0.6) is 0 Å². The Morgan fingerprint density at radius 1 is 1.40 bits per heavy atom. The molecule has 0 atom stereocenters. The molecule has 2 aromatic rings.